The first-order valence-corrected chi connectivity index (χ1v) is 5.96. The number of hydrogen-bond acceptors (Lipinski definition) is 5. The molecule has 18 heavy (non-hydrogen) atoms. The Hall–Kier alpha value is -1.30. The number of carbonyl (C=O) groups is 2. The average Bonchev–Trinajstić information content (AvgIpc) is 2.62. The molecular formula is C12H21NO5. The van der Waals surface area contributed by atoms with Gasteiger partial charge in [-0.3, -0.25) is 4.79 Å². The van der Waals surface area contributed by atoms with Gasteiger partial charge in [0.15, 0.2) is 0 Å². The molecule has 0 unspecified atom stereocenters. The molecule has 0 saturated carbocycles. The van der Waals surface area contributed by atoms with E-state index in [2.05, 4.69) is 10.1 Å². The molecule has 0 radical (unpaired) electrons. The maximum absolute atomic E-state index is 11.6. The van der Waals surface area contributed by atoms with Gasteiger partial charge >= 0.3 is 12.1 Å². The first-order chi connectivity index (χ1) is 8.31. The molecule has 0 aromatic rings. The van der Waals surface area contributed by atoms with Gasteiger partial charge in [0.05, 0.1) is 32.8 Å². The van der Waals surface area contributed by atoms with Crippen molar-refractivity contribution in [2.24, 2.45) is 5.92 Å². The van der Waals surface area contributed by atoms with E-state index >= 15 is 0 Å². The Balaban J connectivity index is 2.45. The number of rotatable bonds is 3. The summed E-state index contributed by atoms with van der Waals surface area (Å²) in [4.78, 5) is 22.8. The monoisotopic (exact) mass is 259 g/mol. The third-order valence-corrected chi connectivity index (χ3v) is 2.56. The maximum Gasteiger partial charge on any atom is 0.407 e. The van der Waals surface area contributed by atoms with E-state index in [0.29, 0.717) is 13.2 Å². The molecule has 0 bridgehead atoms. The predicted molar refractivity (Wildman–Crippen MR) is 64.1 cm³/mol. The Morgan fingerprint density at radius 1 is 1.33 bits per heavy atom. The minimum atomic E-state index is -0.540. The van der Waals surface area contributed by atoms with Crippen LogP contribution in [0.5, 0.6) is 0 Å². The van der Waals surface area contributed by atoms with Gasteiger partial charge in [-0.25, -0.2) is 4.79 Å². The zero-order chi connectivity index (χ0) is 13.8. The average molecular weight is 259 g/mol. The van der Waals surface area contributed by atoms with E-state index < -0.39 is 11.7 Å². The van der Waals surface area contributed by atoms with Crippen molar-refractivity contribution in [2.75, 3.05) is 20.3 Å². The third kappa shape index (κ3) is 4.91. The van der Waals surface area contributed by atoms with Crippen molar-refractivity contribution in [2.45, 2.75) is 38.8 Å². The second-order valence-electron chi connectivity index (χ2n) is 5.33. The van der Waals surface area contributed by atoms with Crippen LogP contribution < -0.4 is 5.32 Å². The van der Waals surface area contributed by atoms with Gasteiger partial charge in [0.1, 0.15) is 5.60 Å². The highest BCUT2D eigenvalue weighted by Gasteiger charge is 2.32. The first kappa shape index (κ1) is 14.8. The summed E-state index contributed by atoms with van der Waals surface area (Å²) in [7, 11) is 1.34. The Bertz CT molecular complexity index is 310. The second-order valence-corrected chi connectivity index (χ2v) is 5.33. The van der Waals surface area contributed by atoms with Crippen LogP contribution in [0.4, 0.5) is 4.79 Å². The van der Waals surface area contributed by atoms with Crippen molar-refractivity contribution in [3.63, 3.8) is 0 Å². The highest BCUT2D eigenvalue weighted by atomic mass is 16.6. The number of alkyl carbamates (subject to hydrolysis) is 1. The zero-order valence-corrected chi connectivity index (χ0v) is 11.3. The van der Waals surface area contributed by atoms with Crippen molar-refractivity contribution in [3.05, 3.63) is 0 Å². The summed E-state index contributed by atoms with van der Waals surface area (Å²) in [5.41, 5.74) is -0.540. The Morgan fingerprint density at radius 3 is 2.56 bits per heavy atom. The molecule has 104 valence electrons. The van der Waals surface area contributed by atoms with E-state index in [1.54, 1.807) is 20.8 Å². The highest BCUT2D eigenvalue weighted by molar-refractivity contribution is 5.70. The lowest BCUT2D eigenvalue weighted by Gasteiger charge is -2.23. The summed E-state index contributed by atoms with van der Waals surface area (Å²) < 4.78 is 15.0. The summed E-state index contributed by atoms with van der Waals surface area (Å²) in [5.74, 6) is -0.369. The van der Waals surface area contributed by atoms with E-state index in [-0.39, 0.29) is 24.3 Å². The largest absolute Gasteiger partial charge is 0.469 e. The number of methoxy groups -OCH3 is 1. The molecule has 0 spiro atoms. The van der Waals surface area contributed by atoms with Crippen molar-refractivity contribution < 1.29 is 23.8 Å². The van der Waals surface area contributed by atoms with Gasteiger partial charge in [-0.2, -0.15) is 0 Å². The molecule has 0 aromatic carbocycles. The molecule has 1 rings (SSSR count). The third-order valence-electron chi connectivity index (χ3n) is 2.56. The number of esters is 1. The molecule has 1 aliphatic heterocycles. The fourth-order valence-electron chi connectivity index (χ4n) is 1.72. The molecule has 1 aliphatic rings. The van der Waals surface area contributed by atoms with Crippen molar-refractivity contribution >= 4 is 12.1 Å². The smallest absolute Gasteiger partial charge is 0.407 e. The lowest BCUT2D eigenvalue weighted by molar-refractivity contribution is -0.141. The standard InChI is InChI=1S/C12H21NO5/c1-12(2,3)18-11(15)13-9-7-17-6-8(9)5-10(14)16-4/h8-9H,5-7H2,1-4H3,(H,13,15)/t8-,9+/m0/s1. The molecular weight excluding hydrogens is 238 g/mol. The van der Waals surface area contributed by atoms with Gasteiger partial charge in [-0.1, -0.05) is 0 Å². The lowest BCUT2D eigenvalue weighted by atomic mass is 10.0. The summed E-state index contributed by atoms with van der Waals surface area (Å²) >= 11 is 0. The first-order valence-electron chi connectivity index (χ1n) is 5.96. The SMILES string of the molecule is COC(=O)C[C@H]1COC[C@H]1NC(=O)OC(C)(C)C. The van der Waals surface area contributed by atoms with Gasteiger partial charge < -0.3 is 19.5 Å². The van der Waals surface area contributed by atoms with Gasteiger partial charge in [0.25, 0.3) is 0 Å². The van der Waals surface area contributed by atoms with E-state index in [0.717, 1.165) is 0 Å². The minimum Gasteiger partial charge on any atom is -0.469 e. The maximum atomic E-state index is 11.6. The van der Waals surface area contributed by atoms with E-state index in [9.17, 15) is 9.59 Å². The molecule has 2 atom stereocenters. The zero-order valence-electron chi connectivity index (χ0n) is 11.3. The number of amides is 1. The summed E-state index contributed by atoms with van der Waals surface area (Å²) in [6.07, 6.45) is -0.260. The predicted octanol–water partition coefficient (Wildman–Crippen LogP) is 1.09. The van der Waals surface area contributed by atoms with E-state index in [4.69, 9.17) is 9.47 Å². The quantitative estimate of drug-likeness (QED) is 0.768. The molecule has 1 heterocycles. The summed E-state index contributed by atoms with van der Waals surface area (Å²) in [6, 6.07) is -0.209. The normalized spacial score (nSPS) is 23.6. The van der Waals surface area contributed by atoms with Crippen LogP contribution in [0.3, 0.4) is 0 Å². The van der Waals surface area contributed by atoms with Crippen molar-refractivity contribution in [1.29, 1.82) is 0 Å². The van der Waals surface area contributed by atoms with E-state index in [1.165, 1.54) is 7.11 Å². The lowest BCUT2D eigenvalue weighted by Crippen LogP contribution is -2.43. The second kappa shape index (κ2) is 6.04. The van der Waals surface area contributed by atoms with Crippen LogP contribution in [0.15, 0.2) is 0 Å². The highest BCUT2D eigenvalue weighted by Crippen LogP contribution is 2.18. The molecule has 1 saturated heterocycles. The van der Waals surface area contributed by atoms with Crippen LogP contribution in [0, 0.1) is 5.92 Å². The minimum absolute atomic E-state index is 0.0648. The van der Waals surface area contributed by atoms with Crippen molar-refractivity contribution in [3.8, 4) is 0 Å². The van der Waals surface area contributed by atoms with Crippen LogP contribution >= 0.6 is 0 Å². The number of carbonyl (C=O) groups excluding carboxylic acids is 2. The number of ether oxygens (including phenoxy) is 3. The topological polar surface area (TPSA) is 73.9 Å². The van der Waals surface area contributed by atoms with Crippen LogP contribution in [0.25, 0.3) is 0 Å². The van der Waals surface area contributed by atoms with Crippen LogP contribution in [0.1, 0.15) is 27.2 Å². The molecule has 1 fully saturated rings. The van der Waals surface area contributed by atoms with Gasteiger partial charge in [-0.15, -0.1) is 0 Å². The number of nitrogens with one attached hydrogen (secondary N) is 1. The molecule has 6 nitrogen and oxygen atoms in total. The molecule has 1 amide bonds. The van der Waals surface area contributed by atoms with Gasteiger partial charge in [-0.05, 0) is 20.8 Å². The van der Waals surface area contributed by atoms with E-state index in [1.807, 2.05) is 0 Å². The van der Waals surface area contributed by atoms with Crippen LogP contribution in [0.2, 0.25) is 0 Å². The van der Waals surface area contributed by atoms with Crippen LogP contribution in [-0.2, 0) is 19.0 Å². The van der Waals surface area contributed by atoms with Crippen molar-refractivity contribution in [1.82, 2.24) is 5.32 Å². The molecule has 0 aromatic heterocycles. The molecule has 0 aliphatic carbocycles. The summed E-state index contributed by atoms with van der Waals surface area (Å²) in [6.45, 7) is 6.22. The van der Waals surface area contributed by atoms with Gasteiger partial charge in [0, 0.05) is 5.92 Å². The number of hydrogen-bond donors (Lipinski definition) is 1. The fourth-order valence-corrected chi connectivity index (χ4v) is 1.72. The molecule has 6 heteroatoms. The molecule has 1 N–H and O–H groups in total. The fraction of sp³-hybridized carbons (Fsp3) is 0.833. The van der Waals surface area contributed by atoms with Gasteiger partial charge in [0.2, 0.25) is 0 Å². The Labute approximate surface area is 107 Å². The summed E-state index contributed by atoms with van der Waals surface area (Å²) in [5, 5.41) is 2.72. The van der Waals surface area contributed by atoms with Crippen LogP contribution in [-0.4, -0.2) is 44.0 Å². The Kier molecular flexibility index (Phi) is 4.95. The Morgan fingerprint density at radius 2 is 2.00 bits per heavy atom.